The molecule has 1 aromatic carbocycles. The lowest BCUT2D eigenvalue weighted by molar-refractivity contribution is -0.129. The average Bonchev–Trinajstić information content (AvgIpc) is 2.94. The molecule has 1 heterocycles. The van der Waals surface area contributed by atoms with Gasteiger partial charge in [-0.3, -0.25) is 4.79 Å². The minimum absolute atomic E-state index is 0.0486. The van der Waals surface area contributed by atoms with E-state index in [1.807, 2.05) is 50.4 Å². The lowest BCUT2D eigenvalue weighted by Crippen LogP contribution is -2.41. The second-order valence-corrected chi connectivity index (χ2v) is 5.40. The minimum atomic E-state index is -0.546. The number of aromatic nitrogens is 2. The first kappa shape index (κ1) is 14.3. The Balaban J connectivity index is 1.99. The molecule has 2 rings (SSSR count). The van der Waals surface area contributed by atoms with Crippen LogP contribution >= 0.6 is 0 Å². The fourth-order valence-electron chi connectivity index (χ4n) is 1.69. The van der Waals surface area contributed by atoms with Crippen molar-refractivity contribution in [1.29, 1.82) is 0 Å². The van der Waals surface area contributed by atoms with Crippen LogP contribution in [0.3, 0.4) is 0 Å². The third kappa shape index (κ3) is 3.24. The van der Waals surface area contributed by atoms with Crippen molar-refractivity contribution in [3.05, 3.63) is 48.3 Å². The number of rotatable bonds is 5. The topological polar surface area (TPSA) is 72.9 Å². The Hall–Kier alpha value is -2.14. The Morgan fingerprint density at radius 1 is 1.35 bits per heavy atom. The molecule has 0 aliphatic rings. The van der Waals surface area contributed by atoms with Crippen molar-refractivity contribution in [3.63, 3.8) is 0 Å². The maximum Gasteiger partial charge on any atom is 0.227 e. The molecule has 5 nitrogen and oxygen atoms in total. The summed E-state index contributed by atoms with van der Waals surface area (Å²) in [5, 5.41) is 7.17. The predicted octanol–water partition coefficient (Wildman–Crippen LogP) is 1.47. The summed E-state index contributed by atoms with van der Waals surface area (Å²) in [4.78, 5) is 11.9. The molecule has 0 spiro atoms. The Morgan fingerprint density at radius 2 is 2.05 bits per heavy atom. The molecule has 106 valence electrons. The van der Waals surface area contributed by atoms with Gasteiger partial charge in [-0.15, -0.1) is 0 Å². The Morgan fingerprint density at radius 3 is 2.70 bits per heavy atom. The maximum atomic E-state index is 11.9. The van der Waals surface area contributed by atoms with Crippen molar-refractivity contribution in [2.75, 3.05) is 6.54 Å². The molecule has 0 aliphatic carbocycles. The van der Waals surface area contributed by atoms with Crippen molar-refractivity contribution in [2.45, 2.75) is 20.4 Å². The van der Waals surface area contributed by atoms with Crippen LogP contribution in [-0.2, 0) is 11.3 Å². The summed E-state index contributed by atoms with van der Waals surface area (Å²) in [5.74, 6) is -0.0486. The van der Waals surface area contributed by atoms with Crippen LogP contribution in [0.5, 0.6) is 0 Å². The summed E-state index contributed by atoms with van der Waals surface area (Å²) in [7, 11) is 0. The van der Waals surface area contributed by atoms with Gasteiger partial charge in [-0.2, -0.15) is 5.10 Å². The summed E-state index contributed by atoms with van der Waals surface area (Å²) in [6.45, 7) is 4.43. The molecule has 0 radical (unpaired) electrons. The number of benzene rings is 1. The molecule has 0 unspecified atom stereocenters. The van der Waals surface area contributed by atoms with E-state index in [4.69, 9.17) is 5.73 Å². The Bertz CT molecular complexity index is 575. The van der Waals surface area contributed by atoms with Crippen LogP contribution in [0.15, 0.2) is 42.7 Å². The van der Waals surface area contributed by atoms with Crippen LogP contribution in [0.4, 0.5) is 0 Å². The number of carbonyl (C=O) groups excluding carboxylic acids is 1. The zero-order chi connectivity index (χ0) is 14.6. The highest BCUT2D eigenvalue weighted by atomic mass is 16.2. The van der Waals surface area contributed by atoms with Gasteiger partial charge in [0.15, 0.2) is 0 Å². The minimum Gasteiger partial charge on any atom is -0.351 e. The van der Waals surface area contributed by atoms with Gasteiger partial charge in [0.25, 0.3) is 0 Å². The molecule has 0 aliphatic heterocycles. The number of nitrogens with one attached hydrogen (secondary N) is 1. The first-order chi connectivity index (χ1) is 9.53. The lowest BCUT2D eigenvalue weighted by atomic mass is 9.93. The molecule has 1 amide bonds. The van der Waals surface area contributed by atoms with Crippen molar-refractivity contribution in [1.82, 2.24) is 15.1 Å². The number of hydrogen-bond acceptors (Lipinski definition) is 3. The summed E-state index contributed by atoms with van der Waals surface area (Å²) in [6.07, 6.45) is 3.66. The zero-order valence-corrected chi connectivity index (χ0v) is 11.8. The molecule has 5 heteroatoms. The van der Waals surface area contributed by atoms with E-state index in [2.05, 4.69) is 10.4 Å². The van der Waals surface area contributed by atoms with E-state index >= 15 is 0 Å². The van der Waals surface area contributed by atoms with Gasteiger partial charge in [0.1, 0.15) is 0 Å². The van der Waals surface area contributed by atoms with Gasteiger partial charge in [0, 0.05) is 24.8 Å². The molecule has 0 saturated carbocycles. The van der Waals surface area contributed by atoms with Crippen molar-refractivity contribution in [2.24, 2.45) is 11.1 Å². The normalized spacial score (nSPS) is 11.3. The van der Waals surface area contributed by atoms with Crippen LogP contribution in [0, 0.1) is 5.41 Å². The quantitative estimate of drug-likeness (QED) is 0.865. The largest absolute Gasteiger partial charge is 0.351 e. The highest BCUT2D eigenvalue weighted by molar-refractivity contribution is 5.81. The molecular formula is C15H20N4O. The molecule has 1 aromatic heterocycles. The fourth-order valence-corrected chi connectivity index (χ4v) is 1.69. The molecule has 20 heavy (non-hydrogen) atoms. The van der Waals surface area contributed by atoms with Gasteiger partial charge in [-0.25, -0.2) is 4.68 Å². The van der Waals surface area contributed by atoms with Gasteiger partial charge < -0.3 is 11.1 Å². The van der Waals surface area contributed by atoms with E-state index in [-0.39, 0.29) is 5.91 Å². The van der Waals surface area contributed by atoms with Crippen molar-refractivity contribution >= 4 is 5.91 Å². The van der Waals surface area contributed by atoms with Crippen molar-refractivity contribution in [3.8, 4) is 5.69 Å². The third-order valence-corrected chi connectivity index (χ3v) is 3.23. The average molecular weight is 272 g/mol. The van der Waals surface area contributed by atoms with E-state index in [9.17, 15) is 4.79 Å². The number of amides is 1. The summed E-state index contributed by atoms with van der Waals surface area (Å²) in [5.41, 5.74) is 6.98. The smallest absolute Gasteiger partial charge is 0.227 e. The van der Waals surface area contributed by atoms with Crippen LogP contribution in [-0.4, -0.2) is 22.2 Å². The number of para-hydroxylation sites is 1. The van der Waals surface area contributed by atoms with Crippen LogP contribution in [0.2, 0.25) is 0 Å². The summed E-state index contributed by atoms with van der Waals surface area (Å²) < 4.78 is 1.79. The van der Waals surface area contributed by atoms with E-state index < -0.39 is 5.41 Å². The van der Waals surface area contributed by atoms with E-state index in [1.165, 1.54) is 0 Å². The summed E-state index contributed by atoms with van der Waals surface area (Å²) in [6, 6.07) is 9.84. The Labute approximate surface area is 118 Å². The van der Waals surface area contributed by atoms with Gasteiger partial charge in [0.05, 0.1) is 17.3 Å². The van der Waals surface area contributed by atoms with Gasteiger partial charge >= 0.3 is 0 Å². The molecule has 0 bridgehead atoms. The van der Waals surface area contributed by atoms with Gasteiger partial charge in [-0.1, -0.05) is 18.2 Å². The molecular weight excluding hydrogens is 252 g/mol. The zero-order valence-electron chi connectivity index (χ0n) is 11.8. The number of hydrogen-bond donors (Lipinski definition) is 2. The highest BCUT2D eigenvalue weighted by Crippen LogP contribution is 2.13. The monoisotopic (exact) mass is 272 g/mol. The van der Waals surface area contributed by atoms with Crippen LogP contribution in [0.25, 0.3) is 5.69 Å². The maximum absolute atomic E-state index is 11.9. The van der Waals surface area contributed by atoms with Gasteiger partial charge in [-0.05, 0) is 26.0 Å². The molecule has 3 N–H and O–H groups in total. The highest BCUT2D eigenvalue weighted by Gasteiger charge is 2.25. The van der Waals surface area contributed by atoms with E-state index in [1.54, 1.807) is 10.9 Å². The Kier molecular flexibility index (Phi) is 4.20. The van der Waals surface area contributed by atoms with Crippen LogP contribution < -0.4 is 11.1 Å². The van der Waals surface area contributed by atoms with Gasteiger partial charge in [0.2, 0.25) is 5.91 Å². The third-order valence-electron chi connectivity index (χ3n) is 3.23. The lowest BCUT2D eigenvalue weighted by Gasteiger charge is -2.20. The molecule has 2 aromatic rings. The number of carbonyl (C=O) groups is 1. The van der Waals surface area contributed by atoms with E-state index in [0.717, 1.165) is 11.3 Å². The second-order valence-electron chi connectivity index (χ2n) is 5.40. The standard InChI is InChI=1S/C15H20N4O/c1-15(2,11-16)14(20)17-8-12-9-18-19(10-12)13-6-4-3-5-7-13/h3-7,9-10H,8,11,16H2,1-2H3,(H,17,20). The van der Waals surface area contributed by atoms with E-state index in [0.29, 0.717) is 13.1 Å². The fraction of sp³-hybridized carbons (Fsp3) is 0.333. The molecule has 0 fully saturated rings. The molecule has 0 atom stereocenters. The summed E-state index contributed by atoms with van der Waals surface area (Å²) >= 11 is 0. The SMILES string of the molecule is CC(C)(CN)C(=O)NCc1cnn(-c2ccccc2)c1. The number of nitrogens with zero attached hydrogens (tertiary/aromatic N) is 2. The second kappa shape index (κ2) is 5.88. The first-order valence-electron chi connectivity index (χ1n) is 6.60. The first-order valence-corrected chi connectivity index (χ1v) is 6.60. The van der Waals surface area contributed by atoms with Crippen LogP contribution in [0.1, 0.15) is 19.4 Å². The predicted molar refractivity (Wildman–Crippen MR) is 78.2 cm³/mol. The number of nitrogens with two attached hydrogens (primary N) is 1. The van der Waals surface area contributed by atoms with Crippen molar-refractivity contribution < 1.29 is 4.79 Å². The molecule has 0 saturated heterocycles.